The van der Waals surface area contributed by atoms with Gasteiger partial charge in [-0.3, -0.25) is 9.69 Å². The van der Waals surface area contributed by atoms with Crippen LogP contribution in [0.3, 0.4) is 0 Å². The molecule has 4 nitrogen and oxygen atoms in total. The van der Waals surface area contributed by atoms with E-state index in [1.165, 1.54) is 17.8 Å². The molecule has 1 atom stereocenters. The minimum Gasteiger partial charge on any atom is -0.399 e. The number of thioether (sulfide) groups is 1. The van der Waals surface area contributed by atoms with Gasteiger partial charge in [0, 0.05) is 22.7 Å². The van der Waals surface area contributed by atoms with Crippen LogP contribution in [0, 0.1) is 0 Å². The molecule has 0 saturated carbocycles. The van der Waals surface area contributed by atoms with Crippen LogP contribution in [0.25, 0.3) is 0 Å². The van der Waals surface area contributed by atoms with Gasteiger partial charge >= 0.3 is 6.18 Å². The third-order valence-corrected chi connectivity index (χ3v) is 5.92. The molecule has 30 heavy (non-hydrogen) atoms. The number of benzene rings is 3. The van der Waals surface area contributed by atoms with E-state index >= 15 is 0 Å². The smallest absolute Gasteiger partial charge is 0.399 e. The van der Waals surface area contributed by atoms with E-state index in [0.717, 1.165) is 23.5 Å². The van der Waals surface area contributed by atoms with E-state index in [9.17, 15) is 18.0 Å². The fourth-order valence-corrected chi connectivity index (χ4v) is 4.42. The Bertz CT molecular complexity index is 1050. The Balaban J connectivity index is 1.57. The van der Waals surface area contributed by atoms with Crippen molar-refractivity contribution in [3.63, 3.8) is 0 Å². The van der Waals surface area contributed by atoms with Crippen molar-refractivity contribution in [2.75, 3.05) is 21.7 Å². The lowest BCUT2D eigenvalue weighted by atomic mass is 10.1. The molecule has 3 aromatic rings. The number of halogens is 3. The van der Waals surface area contributed by atoms with Crippen LogP contribution in [0.1, 0.15) is 16.5 Å². The van der Waals surface area contributed by atoms with Crippen molar-refractivity contribution in [1.29, 1.82) is 0 Å². The average molecular weight is 429 g/mol. The Hall–Kier alpha value is -3.13. The van der Waals surface area contributed by atoms with E-state index in [2.05, 4.69) is 5.32 Å². The van der Waals surface area contributed by atoms with Crippen LogP contribution in [-0.2, 0) is 11.0 Å². The number of anilines is 4. The number of alkyl halides is 3. The molecular formula is C22H18F3N3OS. The quantitative estimate of drug-likeness (QED) is 0.514. The molecule has 1 aliphatic rings. The van der Waals surface area contributed by atoms with E-state index < -0.39 is 17.1 Å². The fourth-order valence-electron chi connectivity index (χ4n) is 3.26. The van der Waals surface area contributed by atoms with Gasteiger partial charge in [0.05, 0.1) is 11.3 Å². The molecule has 1 heterocycles. The lowest BCUT2D eigenvalue weighted by Crippen LogP contribution is -2.27. The molecule has 154 valence electrons. The number of carbonyl (C=O) groups excluding carboxylic acids is 1. The average Bonchev–Trinajstić information content (AvgIpc) is 3.11. The van der Waals surface area contributed by atoms with E-state index in [1.807, 2.05) is 24.3 Å². The first-order valence-corrected chi connectivity index (χ1v) is 10.2. The SMILES string of the molecule is Nc1ccc(Nc2ccc(N3C(=O)CSC3c3cccc(C(F)(F)F)c3)cc2)cc1. The van der Waals surface area contributed by atoms with Gasteiger partial charge < -0.3 is 11.1 Å². The summed E-state index contributed by atoms with van der Waals surface area (Å²) in [6, 6.07) is 19.6. The summed E-state index contributed by atoms with van der Waals surface area (Å²) in [6.45, 7) is 0. The molecule has 0 bridgehead atoms. The second-order valence-electron chi connectivity index (χ2n) is 6.84. The maximum Gasteiger partial charge on any atom is 0.416 e. The zero-order chi connectivity index (χ0) is 21.3. The molecule has 8 heteroatoms. The number of carbonyl (C=O) groups is 1. The number of nitrogen functional groups attached to an aromatic ring is 1. The first-order chi connectivity index (χ1) is 14.3. The van der Waals surface area contributed by atoms with Crippen LogP contribution in [0.4, 0.5) is 35.9 Å². The van der Waals surface area contributed by atoms with Gasteiger partial charge in [-0.1, -0.05) is 12.1 Å². The molecule has 0 spiro atoms. The van der Waals surface area contributed by atoms with E-state index in [-0.39, 0.29) is 11.7 Å². The van der Waals surface area contributed by atoms with Gasteiger partial charge in [-0.25, -0.2) is 0 Å². The Morgan fingerprint density at radius 3 is 2.23 bits per heavy atom. The Morgan fingerprint density at radius 1 is 0.967 bits per heavy atom. The standard InChI is InChI=1S/C22H18F3N3OS/c23-22(24,25)15-3-1-2-14(12-15)21-28(20(29)13-30-21)19-10-8-18(9-11-19)27-17-6-4-16(26)5-7-17/h1-12,21,27H,13,26H2. The van der Waals surface area contributed by atoms with Crippen molar-refractivity contribution >= 4 is 40.4 Å². The lowest BCUT2D eigenvalue weighted by molar-refractivity contribution is -0.137. The van der Waals surface area contributed by atoms with Crippen molar-refractivity contribution in [2.24, 2.45) is 0 Å². The predicted octanol–water partition coefficient (Wildman–Crippen LogP) is 5.81. The summed E-state index contributed by atoms with van der Waals surface area (Å²) in [5, 5.41) is 2.73. The van der Waals surface area contributed by atoms with Crippen LogP contribution in [-0.4, -0.2) is 11.7 Å². The second-order valence-corrected chi connectivity index (χ2v) is 7.91. The number of nitrogens with two attached hydrogens (primary N) is 1. The number of hydrogen-bond donors (Lipinski definition) is 2. The van der Waals surface area contributed by atoms with Gasteiger partial charge in [0.15, 0.2) is 0 Å². The maximum atomic E-state index is 13.1. The highest BCUT2D eigenvalue weighted by molar-refractivity contribution is 8.00. The minimum absolute atomic E-state index is 0.137. The summed E-state index contributed by atoms with van der Waals surface area (Å²) < 4.78 is 39.3. The van der Waals surface area contributed by atoms with Crippen molar-refractivity contribution in [3.8, 4) is 0 Å². The monoisotopic (exact) mass is 429 g/mol. The number of amides is 1. The molecule has 0 aromatic heterocycles. The molecule has 1 amide bonds. The van der Waals surface area contributed by atoms with Crippen molar-refractivity contribution < 1.29 is 18.0 Å². The van der Waals surface area contributed by atoms with Crippen LogP contribution in [0.2, 0.25) is 0 Å². The highest BCUT2D eigenvalue weighted by Gasteiger charge is 2.36. The number of nitrogens with zero attached hydrogens (tertiary/aromatic N) is 1. The number of hydrogen-bond acceptors (Lipinski definition) is 4. The molecule has 1 unspecified atom stereocenters. The Kier molecular flexibility index (Phi) is 5.34. The van der Waals surface area contributed by atoms with Gasteiger partial charge in [-0.05, 0) is 66.2 Å². The summed E-state index contributed by atoms with van der Waals surface area (Å²) in [5.41, 5.74) is 8.40. The Morgan fingerprint density at radius 2 is 1.60 bits per heavy atom. The molecule has 1 saturated heterocycles. The zero-order valence-electron chi connectivity index (χ0n) is 15.7. The van der Waals surface area contributed by atoms with E-state index in [0.29, 0.717) is 16.9 Å². The van der Waals surface area contributed by atoms with Gasteiger partial charge in [-0.2, -0.15) is 13.2 Å². The molecule has 0 radical (unpaired) electrons. The van der Waals surface area contributed by atoms with Gasteiger partial charge in [-0.15, -0.1) is 11.8 Å². The van der Waals surface area contributed by atoms with E-state index in [1.54, 1.807) is 35.2 Å². The second kappa shape index (κ2) is 7.95. The highest BCUT2D eigenvalue weighted by atomic mass is 32.2. The molecule has 3 aromatic carbocycles. The van der Waals surface area contributed by atoms with Gasteiger partial charge in [0.2, 0.25) is 5.91 Å². The Labute approximate surface area is 175 Å². The zero-order valence-corrected chi connectivity index (χ0v) is 16.5. The first kappa shape index (κ1) is 20.2. The maximum absolute atomic E-state index is 13.1. The molecule has 1 aliphatic heterocycles. The summed E-state index contributed by atoms with van der Waals surface area (Å²) in [7, 11) is 0. The van der Waals surface area contributed by atoms with Gasteiger partial charge in [0.25, 0.3) is 0 Å². The summed E-state index contributed by atoms with van der Waals surface area (Å²) >= 11 is 1.32. The van der Waals surface area contributed by atoms with Crippen molar-refractivity contribution in [1.82, 2.24) is 0 Å². The molecular weight excluding hydrogens is 411 g/mol. The number of nitrogens with one attached hydrogen (secondary N) is 1. The van der Waals surface area contributed by atoms with Crippen LogP contribution in [0.15, 0.2) is 72.8 Å². The highest BCUT2D eigenvalue weighted by Crippen LogP contribution is 2.43. The molecule has 1 fully saturated rings. The van der Waals surface area contributed by atoms with Gasteiger partial charge in [0.1, 0.15) is 5.37 Å². The third-order valence-electron chi connectivity index (χ3n) is 4.71. The van der Waals surface area contributed by atoms with Crippen molar-refractivity contribution in [3.05, 3.63) is 83.9 Å². The fraction of sp³-hybridized carbons (Fsp3) is 0.136. The molecule has 0 aliphatic carbocycles. The first-order valence-electron chi connectivity index (χ1n) is 9.15. The minimum atomic E-state index is -4.43. The largest absolute Gasteiger partial charge is 0.416 e. The number of rotatable bonds is 4. The predicted molar refractivity (Wildman–Crippen MR) is 115 cm³/mol. The van der Waals surface area contributed by atoms with Crippen LogP contribution < -0.4 is 16.0 Å². The third kappa shape index (κ3) is 4.23. The van der Waals surface area contributed by atoms with E-state index in [4.69, 9.17) is 5.73 Å². The summed E-state index contributed by atoms with van der Waals surface area (Å²) in [5.74, 6) is 0.0773. The summed E-state index contributed by atoms with van der Waals surface area (Å²) in [4.78, 5) is 14.1. The normalized spacial score (nSPS) is 16.7. The topological polar surface area (TPSA) is 58.4 Å². The lowest BCUT2D eigenvalue weighted by Gasteiger charge is -2.25. The van der Waals surface area contributed by atoms with Crippen LogP contribution in [0.5, 0.6) is 0 Å². The molecule has 4 rings (SSSR count). The summed E-state index contributed by atoms with van der Waals surface area (Å²) in [6.07, 6.45) is -4.43. The van der Waals surface area contributed by atoms with Crippen molar-refractivity contribution in [2.45, 2.75) is 11.6 Å². The molecule has 3 N–H and O–H groups in total. The van der Waals surface area contributed by atoms with Crippen LogP contribution >= 0.6 is 11.8 Å².